The molecule has 0 bridgehead atoms. The minimum atomic E-state index is -0.369. The number of thioether (sulfide) groups is 1. The zero-order valence-corrected chi connectivity index (χ0v) is 14.8. The van der Waals surface area contributed by atoms with Gasteiger partial charge in [0.15, 0.2) is 0 Å². The van der Waals surface area contributed by atoms with Crippen molar-refractivity contribution in [1.82, 2.24) is 4.90 Å². The van der Waals surface area contributed by atoms with E-state index in [-0.39, 0.29) is 17.7 Å². The van der Waals surface area contributed by atoms with Crippen LogP contribution in [0.25, 0.3) is 6.08 Å². The van der Waals surface area contributed by atoms with Crippen molar-refractivity contribution in [2.45, 2.75) is 0 Å². The van der Waals surface area contributed by atoms with E-state index in [9.17, 15) is 9.59 Å². The second kappa shape index (κ2) is 6.69. The fourth-order valence-electron chi connectivity index (χ4n) is 1.74. The Morgan fingerprint density at radius 1 is 1.38 bits per heavy atom. The van der Waals surface area contributed by atoms with E-state index in [4.69, 9.17) is 11.2 Å². The quantitative estimate of drug-likeness (QED) is 0.539. The van der Waals surface area contributed by atoms with E-state index in [0.717, 1.165) is 31.2 Å². The minimum absolute atomic E-state index is 0.0159. The molecule has 1 aliphatic rings. The van der Waals surface area contributed by atoms with Gasteiger partial charge in [0.25, 0.3) is 11.1 Å². The molecule has 4 nitrogen and oxygen atoms in total. The molecule has 0 spiro atoms. The fourth-order valence-corrected chi connectivity index (χ4v) is 4.12. The van der Waals surface area contributed by atoms with Crippen LogP contribution in [0.2, 0.25) is 0 Å². The summed E-state index contributed by atoms with van der Waals surface area (Å²) in [6, 6.07) is 3.61. The van der Waals surface area contributed by atoms with Gasteiger partial charge in [0.1, 0.15) is 5.75 Å². The normalized spacial score (nSPS) is 16.5. The topological polar surface area (TPSA) is 46.6 Å². The van der Waals surface area contributed by atoms with Crippen LogP contribution in [0.4, 0.5) is 4.79 Å². The van der Waals surface area contributed by atoms with Gasteiger partial charge in [0.2, 0.25) is 0 Å². The summed E-state index contributed by atoms with van der Waals surface area (Å²) >= 11 is 7.66. The number of methoxy groups -OCH3 is 1. The summed E-state index contributed by atoms with van der Waals surface area (Å²) < 4.78 is 6.70. The number of rotatable bonds is 3. The van der Waals surface area contributed by atoms with E-state index >= 15 is 0 Å². The maximum Gasteiger partial charge on any atom is 0.294 e. The molecule has 108 valence electrons. The van der Waals surface area contributed by atoms with Crippen molar-refractivity contribution in [2.24, 2.45) is 0 Å². The standard InChI is InChI=1S/C14H9Br2NO3S/c1-3-4-17-13(18)11(21-14(17)19)7-8-5-9(15)12(20-2)10(16)6-8/h1,5-7H,4H2,2H3/b11-7+. The first-order valence-corrected chi connectivity index (χ1v) is 8.10. The molecule has 2 amide bonds. The van der Waals surface area contributed by atoms with E-state index in [0.29, 0.717) is 10.7 Å². The molecule has 7 heteroatoms. The van der Waals surface area contributed by atoms with Gasteiger partial charge < -0.3 is 4.74 Å². The largest absolute Gasteiger partial charge is 0.494 e. The average Bonchev–Trinajstić information content (AvgIpc) is 2.66. The Morgan fingerprint density at radius 2 is 2.00 bits per heavy atom. The number of carbonyl (C=O) groups excluding carboxylic acids is 2. The highest BCUT2D eigenvalue weighted by molar-refractivity contribution is 9.11. The molecule has 1 aromatic rings. The Morgan fingerprint density at radius 3 is 2.52 bits per heavy atom. The van der Waals surface area contributed by atoms with Crippen LogP contribution < -0.4 is 4.74 Å². The van der Waals surface area contributed by atoms with Gasteiger partial charge in [-0.25, -0.2) is 0 Å². The fraction of sp³-hybridized carbons (Fsp3) is 0.143. The van der Waals surface area contributed by atoms with Crippen molar-refractivity contribution in [2.75, 3.05) is 13.7 Å². The highest BCUT2D eigenvalue weighted by atomic mass is 79.9. The number of ether oxygens (including phenoxy) is 1. The van der Waals surface area contributed by atoms with Crippen LogP contribution in [-0.4, -0.2) is 29.7 Å². The number of hydrogen-bond donors (Lipinski definition) is 0. The number of carbonyl (C=O) groups is 2. The highest BCUT2D eigenvalue weighted by Gasteiger charge is 2.34. The van der Waals surface area contributed by atoms with Crippen molar-refractivity contribution in [1.29, 1.82) is 0 Å². The summed E-state index contributed by atoms with van der Waals surface area (Å²) in [7, 11) is 1.57. The number of terminal acetylenes is 1. The number of nitrogens with zero attached hydrogens (tertiary/aromatic N) is 1. The Balaban J connectivity index is 2.35. The summed E-state index contributed by atoms with van der Waals surface area (Å²) in [6.45, 7) is -0.0159. The van der Waals surface area contributed by atoms with E-state index in [1.165, 1.54) is 0 Å². The van der Waals surface area contributed by atoms with E-state index in [1.54, 1.807) is 25.3 Å². The van der Waals surface area contributed by atoms with Crippen LogP contribution >= 0.6 is 43.6 Å². The monoisotopic (exact) mass is 429 g/mol. The Labute approximate surface area is 143 Å². The van der Waals surface area contributed by atoms with Crippen LogP contribution in [-0.2, 0) is 4.79 Å². The number of benzene rings is 1. The number of imide groups is 1. The molecule has 2 rings (SSSR count). The van der Waals surface area contributed by atoms with Crippen molar-refractivity contribution in [3.63, 3.8) is 0 Å². The highest BCUT2D eigenvalue weighted by Crippen LogP contribution is 2.37. The smallest absolute Gasteiger partial charge is 0.294 e. The van der Waals surface area contributed by atoms with E-state index in [2.05, 4.69) is 37.8 Å². The molecule has 1 aromatic carbocycles. The lowest BCUT2D eigenvalue weighted by Gasteiger charge is -2.08. The molecule has 0 N–H and O–H groups in total. The van der Waals surface area contributed by atoms with E-state index < -0.39 is 0 Å². The lowest BCUT2D eigenvalue weighted by molar-refractivity contribution is -0.122. The predicted molar refractivity (Wildman–Crippen MR) is 89.9 cm³/mol. The summed E-state index contributed by atoms with van der Waals surface area (Å²) in [4.78, 5) is 25.2. The maximum absolute atomic E-state index is 12.1. The third-order valence-corrected chi connectivity index (χ3v) is 4.73. The van der Waals surface area contributed by atoms with Gasteiger partial charge in [-0.2, -0.15) is 0 Å². The van der Waals surface area contributed by atoms with Gasteiger partial charge in [-0.1, -0.05) is 5.92 Å². The molecule has 0 radical (unpaired) electrons. The molecule has 0 unspecified atom stereocenters. The van der Waals surface area contributed by atoms with Gasteiger partial charge in [-0.05, 0) is 67.4 Å². The Hall–Kier alpha value is -1.23. The lowest BCUT2D eigenvalue weighted by atomic mass is 10.2. The van der Waals surface area contributed by atoms with Gasteiger partial charge in [-0.15, -0.1) is 6.42 Å². The average molecular weight is 431 g/mol. The number of halogens is 2. The zero-order valence-electron chi connectivity index (χ0n) is 10.9. The van der Waals surface area contributed by atoms with Crippen LogP contribution in [0.15, 0.2) is 26.0 Å². The number of amides is 2. The van der Waals surface area contributed by atoms with Crippen LogP contribution in [0.5, 0.6) is 5.75 Å². The van der Waals surface area contributed by atoms with Gasteiger partial charge in [0, 0.05) is 0 Å². The predicted octanol–water partition coefficient (Wildman–Crippen LogP) is 3.89. The maximum atomic E-state index is 12.1. The lowest BCUT2D eigenvalue weighted by Crippen LogP contribution is -2.28. The SMILES string of the molecule is C#CCN1C(=O)S/C(=C/c2cc(Br)c(OC)c(Br)c2)C1=O. The van der Waals surface area contributed by atoms with Crippen molar-refractivity contribution >= 4 is 60.8 Å². The second-order valence-corrected chi connectivity index (χ2v) is 6.69. The first-order valence-electron chi connectivity index (χ1n) is 5.69. The molecule has 1 aliphatic heterocycles. The molecular weight excluding hydrogens is 422 g/mol. The van der Waals surface area contributed by atoms with Crippen LogP contribution in [0.3, 0.4) is 0 Å². The molecule has 0 atom stereocenters. The van der Waals surface area contributed by atoms with E-state index in [1.807, 2.05) is 0 Å². The minimum Gasteiger partial charge on any atom is -0.494 e. The molecule has 0 saturated carbocycles. The Kier molecular flexibility index (Phi) is 5.14. The van der Waals surface area contributed by atoms with Crippen molar-refractivity contribution in [3.8, 4) is 18.1 Å². The summed E-state index contributed by atoms with van der Waals surface area (Å²) in [6.07, 6.45) is 6.80. The third kappa shape index (κ3) is 3.34. The molecule has 0 aromatic heterocycles. The molecule has 21 heavy (non-hydrogen) atoms. The van der Waals surface area contributed by atoms with Crippen LogP contribution in [0.1, 0.15) is 5.56 Å². The summed E-state index contributed by atoms with van der Waals surface area (Å²) in [5, 5.41) is -0.351. The van der Waals surface area contributed by atoms with Crippen LogP contribution in [0, 0.1) is 12.3 Å². The first kappa shape index (κ1) is 16.1. The Bertz CT molecular complexity index is 671. The number of hydrogen-bond acceptors (Lipinski definition) is 4. The molecule has 1 fully saturated rings. The first-order chi connectivity index (χ1) is 9.97. The third-order valence-electron chi connectivity index (χ3n) is 2.65. The van der Waals surface area contributed by atoms with Crippen molar-refractivity contribution in [3.05, 3.63) is 31.5 Å². The second-order valence-electron chi connectivity index (χ2n) is 3.99. The van der Waals surface area contributed by atoms with Gasteiger partial charge in [-0.3, -0.25) is 14.5 Å². The molecular formula is C14H9Br2NO3S. The van der Waals surface area contributed by atoms with Crippen molar-refractivity contribution < 1.29 is 14.3 Å². The summed E-state index contributed by atoms with van der Waals surface area (Å²) in [5.41, 5.74) is 0.765. The molecule has 0 aliphatic carbocycles. The molecule has 1 heterocycles. The summed E-state index contributed by atoms with van der Waals surface area (Å²) in [5.74, 6) is 2.59. The zero-order chi connectivity index (χ0) is 15.6. The van der Waals surface area contributed by atoms with Gasteiger partial charge >= 0.3 is 0 Å². The molecule has 1 saturated heterocycles. The van der Waals surface area contributed by atoms with Gasteiger partial charge in [0.05, 0.1) is 27.5 Å².